The molecule has 0 saturated carbocycles. The molecule has 0 spiro atoms. The lowest BCUT2D eigenvalue weighted by molar-refractivity contribution is -0.128. The minimum atomic E-state index is -0.424. The Balaban J connectivity index is 2.42. The van der Waals surface area contributed by atoms with Gasteiger partial charge in [-0.3, -0.25) is 9.59 Å². The lowest BCUT2D eigenvalue weighted by Crippen LogP contribution is -2.39. The van der Waals surface area contributed by atoms with Crippen LogP contribution in [0.4, 0.5) is 4.39 Å². The van der Waals surface area contributed by atoms with Crippen molar-refractivity contribution in [2.75, 3.05) is 13.1 Å². The lowest BCUT2D eigenvalue weighted by Gasteiger charge is -2.12. The van der Waals surface area contributed by atoms with E-state index in [-0.39, 0.29) is 37.1 Å². The molecule has 5 heteroatoms. The zero-order valence-electron chi connectivity index (χ0n) is 11.3. The molecule has 0 saturated heterocycles. The predicted molar refractivity (Wildman–Crippen MR) is 74.1 cm³/mol. The second-order valence-corrected chi connectivity index (χ2v) is 4.40. The zero-order chi connectivity index (χ0) is 15.0. The third-order valence-corrected chi connectivity index (χ3v) is 2.74. The molecule has 2 amide bonds. The van der Waals surface area contributed by atoms with Crippen LogP contribution in [0, 0.1) is 24.1 Å². The molecule has 0 bridgehead atoms. The highest BCUT2D eigenvalue weighted by Gasteiger charge is 2.15. The van der Waals surface area contributed by atoms with Crippen molar-refractivity contribution in [2.24, 2.45) is 5.92 Å². The van der Waals surface area contributed by atoms with Crippen LogP contribution in [-0.2, 0) is 16.0 Å². The molecule has 2 N–H and O–H groups in total. The molecule has 106 valence electrons. The summed E-state index contributed by atoms with van der Waals surface area (Å²) in [7, 11) is 0. The number of rotatable bonds is 6. The summed E-state index contributed by atoms with van der Waals surface area (Å²) < 4.78 is 13.5. The third kappa shape index (κ3) is 5.11. The van der Waals surface area contributed by atoms with Crippen LogP contribution in [0.25, 0.3) is 0 Å². The summed E-state index contributed by atoms with van der Waals surface area (Å²) in [6, 6.07) is 6.31. The number of carbonyl (C=O) groups excluding carboxylic acids is 2. The van der Waals surface area contributed by atoms with Crippen molar-refractivity contribution in [1.82, 2.24) is 10.6 Å². The highest BCUT2D eigenvalue weighted by molar-refractivity contribution is 5.85. The van der Waals surface area contributed by atoms with Crippen molar-refractivity contribution >= 4 is 11.8 Å². The van der Waals surface area contributed by atoms with E-state index in [1.165, 1.54) is 6.07 Å². The van der Waals surface area contributed by atoms with Crippen molar-refractivity contribution in [1.29, 1.82) is 0 Å². The van der Waals surface area contributed by atoms with Crippen molar-refractivity contribution in [3.63, 3.8) is 0 Å². The van der Waals surface area contributed by atoms with Gasteiger partial charge in [0.15, 0.2) is 0 Å². The molecule has 20 heavy (non-hydrogen) atoms. The van der Waals surface area contributed by atoms with Crippen LogP contribution in [0.1, 0.15) is 12.5 Å². The molecule has 0 aromatic heterocycles. The zero-order valence-corrected chi connectivity index (χ0v) is 11.3. The highest BCUT2D eigenvalue weighted by Crippen LogP contribution is 2.12. The van der Waals surface area contributed by atoms with Gasteiger partial charge in [-0.15, -0.1) is 6.42 Å². The van der Waals surface area contributed by atoms with E-state index in [4.69, 9.17) is 6.42 Å². The van der Waals surface area contributed by atoms with Gasteiger partial charge in [0, 0.05) is 5.92 Å². The number of nitrogens with one attached hydrogen (secondary N) is 2. The molecule has 1 atom stereocenters. The van der Waals surface area contributed by atoms with Crippen molar-refractivity contribution in [2.45, 2.75) is 13.3 Å². The first kappa shape index (κ1) is 15.7. The summed E-state index contributed by atoms with van der Waals surface area (Å²) in [5.41, 5.74) is 0.479. The molecule has 0 aliphatic carbocycles. The average molecular weight is 276 g/mol. The second kappa shape index (κ2) is 7.95. The van der Waals surface area contributed by atoms with Gasteiger partial charge in [0.25, 0.3) is 0 Å². The molecule has 0 fully saturated rings. The van der Waals surface area contributed by atoms with E-state index in [0.717, 1.165) is 0 Å². The van der Waals surface area contributed by atoms with Crippen LogP contribution in [0.15, 0.2) is 24.3 Å². The van der Waals surface area contributed by atoms with Gasteiger partial charge < -0.3 is 10.6 Å². The van der Waals surface area contributed by atoms with Crippen molar-refractivity contribution in [3.05, 3.63) is 35.6 Å². The van der Waals surface area contributed by atoms with Gasteiger partial charge in [-0.25, -0.2) is 4.39 Å². The molecule has 1 aromatic carbocycles. The van der Waals surface area contributed by atoms with Crippen LogP contribution in [0.5, 0.6) is 0 Å². The lowest BCUT2D eigenvalue weighted by atomic mass is 10.00. The van der Waals surface area contributed by atoms with Crippen LogP contribution in [0.2, 0.25) is 0 Å². The fourth-order valence-electron chi connectivity index (χ4n) is 1.64. The Labute approximate surface area is 117 Å². The predicted octanol–water partition coefficient (Wildman–Crippen LogP) is 0.870. The quantitative estimate of drug-likeness (QED) is 0.757. The second-order valence-electron chi connectivity index (χ2n) is 4.40. The van der Waals surface area contributed by atoms with Crippen LogP contribution in [0.3, 0.4) is 0 Å². The van der Waals surface area contributed by atoms with Gasteiger partial charge in [-0.2, -0.15) is 0 Å². The molecule has 4 nitrogen and oxygen atoms in total. The number of amides is 2. The fraction of sp³-hybridized carbons (Fsp3) is 0.333. The Morgan fingerprint density at radius 1 is 1.35 bits per heavy atom. The first-order valence-corrected chi connectivity index (χ1v) is 6.26. The maximum atomic E-state index is 13.5. The van der Waals surface area contributed by atoms with Gasteiger partial charge in [0.2, 0.25) is 11.8 Å². The monoisotopic (exact) mass is 276 g/mol. The minimum absolute atomic E-state index is 0.124. The van der Waals surface area contributed by atoms with Crippen molar-refractivity contribution in [3.8, 4) is 12.3 Å². The summed E-state index contributed by atoms with van der Waals surface area (Å²) in [6.45, 7) is 1.67. The molecule has 0 unspecified atom stereocenters. The topological polar surface area (TPSA) is 58.2 Å². The number of halogens is 1. The van der Waals surface area contributed by atoms with E-state index in [2.05, 4.69) is 16.6 Å². The van der Waals surface area contributed by atoms with E-state index in [0.29, 0.717) is 5.56 Å². The van der Waals surface area contributed by atoms with Crippen LogP contribution < -0.4 is 10.6 Å². The molecule has 0 aliphatic rings. The molecule has 0 aliphatic heterocycles. The Hall–Kier alpha value is -2.35. The number of benzene rings is 1. The number of hydrogen-bond acceptors (Lipinski definition) is 2. The van der Waals surface area contributed by atoms with Gasteiger partial charge in [-0.1, -0.05) is 31.0 Å². The number of terminal acetylenes is 1. The van der Waals surface area contributed by atoms with Crippen LogP contribution in [-0.4, -0.2) is 24.9 Å². The average Bonchev–Trinajstić information content (AvgIpc) is 2.44. The van der Waals surface area contributed by atoms with Crippen LogP contribution >= 0.6 is 0 Å². The molecule has 0 heterocycles. The van der Waals surface area contributed by atoms with E-state index >= 15 is 0 Å². The maximum Gasteiger partial charge on any atom is 0.240 e. The highest BCUT2D eigenvalue weighted by atomic mass is 19.1. The summed E-state index contributed by atoms with van der Waals surface area (Å²) in [5.74, 6) is 0.849. The molecular formula is C15H17FN2O2. The maximum absolute atomic E-state index is 13.5. The summed E-state index contributed by atoms with van der Waals surface area (Å²) in [4.78, 5) is 23.0. The largest absolute Gasteiger partial charge is 0.347 e. The standard InChI is InChI=1S/C15H17FN2O2/c1-3-8-17-14(19)10-18-15(20)11(2)9-12-6-4-5-7-13(12)16/h1,4-7,11H,8-10H2,2H3,(H,17,19)(H,18,20)/t11-/m1/s1. The minimum Gasteiger partial charge on any atom is -0.347 e. The van der Waals surface area contributed by atoms with E-state index in [9.17, 15) is 14.0 Å². The summed E-state index contributed by atoms with van der Waals surface area (Å²) in [6.07, 6.45) is 5.28. The molecule has 1 rings (SSSR count). The van der Waals surface area contributed by atoms with Gasteiger partial charge in [0.1, 0.15) is 5.82 Å². The molecule has 1 aromatic rings. The Bertz CT molecular complexity index is 523. The van der Waals surface area contributed by atoms with Gasteiger partial charge in [0.05, 0.1) is 13.1 Å². The summed E-state index contributed by atoms with van der Waals surface area (Å²) >= 11 is 0. The summed E-state index contributed by atoms with van der Waals surface area (Å²) in [5, 5.41) is 4.92. The van der Waals surface area contributed by atoms with Gasteiger partial charge in [-0.05, 0) is 18.1 Å². The molecule has 0 radical (unpaired) electrons. The SMILES string of the molecule is C#CCNC(=O)CNC(=O)[C@H](C)Cc1ccccc1F. The van der Waals surface area contributed by atoms with Gasteiger partial charge >= 0.3 is 0 Å². The Morgan fingerprint density at radius 2 is 2.05 bits per heavy atom. The third-order valence-electron chi connectivity index (χ3n) is 2.74. The molecular weight excluding hydrogens is 259 g/mol. The van der Waals surface area contributed by atoms with E-state index in [1.54, 1.807) is 25.1 Å². The van der Waals surface area contributed by atoms with E-state index in [1.807, 2.05) is 0 Å². The normalized spacial score (nSPS) is 11.2. The Morgan fingerprint density at radius 3 is 2.70 bits per heavy atom. The first-order chi connectivity index (χ1) is 9.54. The fourth-order valence-corrected chi connectivity index (χ4v) is 1.64. The number of carbonyl (C=O) groups is 2. The Kier molecular flexibility index (Phi) is 6.24. The van der Waals surface area contributed by atoms with E-state index < -0.39 is 5.92 Å². The first-order valence-electron chi connectivity index (χ1n) is 6.26. The van der Waals surface area contributed by atoms with Crippen molar-refractivity contribution < 1.29 is 14.0 Å². The smallest absolute Gasteiger partial charge is 0.240 e. The number of hydrogen-bond donors (Lipinski definition) is 2.